The molecular weight excluding hydrogens is 335 g/mol. The topological polar surface area (TPSA) is 34.1 Å². The van der Waals surface area contributed by atoms with Crippen molar-refractivity contribution in [2.24, 2.45) is 0 Å². The van der Waals surface area contributed by atoms with Gasteiger partial charge in [-0.05, 0) is 43.2 Å². The van der Waals surface area contributed by atoms with Gasteiger partial charge in [-0.1, -0.05) is 29.8 Å². The number of thiazole rings is 1. The summed E-state index contributed by atoms with van der Waals surface area (Å²) in [5, 5.41) is 6.33. The van der Waals surface area contributed by atoms with Gasteiger partial charge in [-0.15, -0.1) is 11.3 Å². The maximum absolute atomic E-state index is 13.3. The molecule has 5 heteroatoms. The van der Waals surface area contributed by atoms with Crippen molar-refractivity contribution in [2.75, 3.05) is 0 Å². The Balaban J connectivity index is 1.46. The largest absolute Gasteiger partial charge is 0.486 e. The predicted molar refractivity (Wildman–Crippen MR) is 99.3 cm³/mol. The first kappa shape index (κ1) is 17.6. The van der Waals surface area contributed by atoms with Crippen LogP contribution in [0.15, 0.2) is 47.8 Å². The third-order valence-corrected chi connectivity index (χ3v) is 4.71. The molecule has 0 aliphatic carbocycles. The van der Waals surface area contributed by atoms with Gasteiger partial charge < -0.3 is 10.1 Å². The molecule has 0 fully saturated rings. The molecule has 1 N–H and O–H groups in total. The lowest BCUT2D eigenvalue weighted by Crippen LogP contribution is -2.13. The Morgan fingerprint density at radius 3 is 2.64 bits per heavy atom. The Bertz CT molecular complexity index is 830. The van der Waals surface area contributed by atoms with Crippen LogP contribution in [-0.4, -0.2) is 4.98 Å². The molecule has 0 aliphatic heterocycles. The minimum Gasteiger partial charge on any atom is -0.486 e. The van der Waals surface area contributed by atoms with E-state index in [1.54, 1.807) is 24.3 Å². The molecule has 0 unspecified atom stereocenters. The van der Waals surface area contributed by atoms with Crippen molar-refractivity contribution in [1.29, 1.82) is 0 Å². The lowest BCUT2D eigenvalue weighted by Gasteiger charge is -2.05. The van der Waals surface area contributed by atoms with Crippen molar-refractivity contribution in [3.63, 3.8) is 0 Å². The van der Waals surface area contributed by atoms with Crippen molar-refractivity contribution >= 4 is 11.3 Å². The van der Waals surface area contributed by atoms with E-state index in [0.717, 1.165) is 22.0 Å². The Morgan fingerprint density at radius 1 is 1.08 bits per heavy atom. The van der Waals surface area contributed by atoms with Crippen molar-refractivity contribution in [3.8, 4) is 5.75 Å². The second kappa shape index (κ2) is 8.23. The first-order valence-electron chi connectivity index (χ1n) is 8.18. The van der Waals surface area contributed by atoms with E-state index in [1.807, 2.05) is 35.7 Å². The normalized spacial score (nSPS) is 10.8. The summed E-state index contributed by atoms with van der Waals surface area (Å²) < 4.78 is 19.0. The van der Waals surface area contributed by atoms with Gasteiger partial charge in [-0.25, -0.2) is 9.37 Å². The highest BCUT2D eigenvalue weighted by molar-refractivity contribution is 7.09. The Labute approximate surface area is 151 Å². The van der Waals surface area contributed by atoms with Crippen molar-refractivity contribution < 1.29 is 9.13 Å². The fourth-order valence-electron chi connectivity index (χ4n) is 2.43. The van der Waals surface area contributed by atoms with Crippen molar-refractivity contribution in [2.45, 2.75) is 33.5 Å². The van der Waals surface area contributed by atoms with E-state index in [9.17, 15) is 4.39 Å². The number of rotatable bonds is 7. The molecule has 0 saturated carbocycles. The van der Waals surface area contributed by atoms with Crippen LogP contribution in [0.4, 0.5) is 4.39 Å². The first-order chi connectivity index (χ1) is 12.1. The molecule has 0 bridgehead atoms. The molecule has 3 nitrogen and oxygen atoms in total. The monoisotopic (exact) mass is 356 g/mol. The summed E-state index contributed by atoms with van der Waals surface area (Å²) in [7, 11) is 0. The van der Waals surface area contributed by atoms with Crippen LogP contribution in [0.3, 0.4) is 0 Å². The van der Waals surface area contributed by atoms with Crippen LogP contribution in [0.1, 0.15) is 27.4 Å². The Hall–Kier alpha value is -2.24. The molecule has 0 radical (unpaired) electrons. The fourth-order valence-corrected chi connectivity index (χ4v) is 3.13. The molecule has 1 aromatic heterocycles. The highest BCUT2D eigenvalue weighted by atomic mass is 32.1. The van der Waals surface area contributed by atoms with Gasteiger partial charge in [0.25, 0.3) is 0 Å². The average Bonchev–Trinajstić information content (AvgIpc) is 3.05. The maximum atomic E-state index is 13.3. The number of nitrogens with one attached hydrogen (secondary N) is 1. The maximum Gasteiger partial charge on any atom is 0.140 e. The van der Waals surface area contributed by atoms with Gasteiger partial charge in [0.15, 0.2) is 0 Å². The lowest BCUT2D eigenvalue weighted by molar-refractivity contribution is 0.305. The van der Waals surface area contributed by atoms with E-state index >= 15 is 0 Å². The lowest BCUT2D eigenvalue weighted by atomic mass is 10.1. The molecule has 3 rings (SSSR count). The summed E-state index contributed by atoms with van der Waals surface area (Å²) >= 11 is 1.60. The van der Waals surface area contributed by atoms with Gasteiger partial charge in [-0.3, -0.25) is 0 Å². The van der Waals surface area contributed by atoms with Crippen LogP contribution in [0.25, 0.3) is 0 Å². The second-order valence-corrected chi connectivity index (χ2v) is 6.96. The van der Waals surface area contributed by atoms with Crippen molar-refractivity contribution in [3.05, 3.63) is 81.1 Å². The van der Waals surface area contributed by atoms with Crippen LogP contribution in [0.5, 0.6) is 5.75 Å². The van der Waals surface area contributed by atoms with Crippen LogP contribution < -0.4 is 10.1 Å². The number of ether oxygens (including phenoxy) is 1. The van der Waals surface area contributed by atoms with Gasteiger partial charge in [0.2, 0.25) is 0 Å². The minimum absolute atomic E-state index is 0.165. The fraction of sp³-hybridized carbons (Fsp3) is 0.250. The third kappa shape index (κ3) is 5.11. The number of benzene rings is 2. The summed E-state index contributed by atoms with van der Waals surface area (Å²) in [4.78, 5) is 4.58. The SMILES string of the molecule is Cc1ccc(OCc2nc(CNCc3ccc(F)c(C)c3)cs2)cc1. The van der Waals surface area contributed by atoms with E-state index in [4.69, 9.17) is 4.74 Å². The number of aryl methyl sites for hydroxylation is 2. The minimum atomic E-state index is -0.165. The van der Waals surface area contributed by atoms with Gasteiger partial charge in [0.05, 0.1) is 5.69 Å². The first-order valence-corrected chi connectivity index (χ1v) is 9.06. The summed E-state index contributed by atoms with van der Waals surface area (Å²) in [6, 6.07) is 13.2. The van der Waals surface area contributed by atoms with Gasteiger partial charge in [0, 0.05) is 18.5 Å². The standard InChI is InChI=1S/C20H21FN2OS/c1-14-3-6-18(7-4-14)24-12-20-23-17(13-25-20)11-22-10-16-5-8-19(21)15(2)9-16/h3-9,13,22H,10-12H2,1-2H3. The molecule has 0 atom stereocenters. The van der Waals surface area contributed by atoms with Gasteiger partial charge >= 0.3 is 0 Å². The van der Waals surface area contributed by atoms with Crippen LogP contribution >= 0.6 is 11.3 Å². The van der Waals surface area contributed by atoms with Crippen molar-refractivity contribution in [1.82, 2.24) is 10.3 Å². The van der Waals surface area contributed by atoms with Crippen LogP contribution in [-0.2, 0) is 19.7 Å². The van der Waals surface area contributed by atoms with E-state index in [-0.39, 0.29) is 5.82 Å². The zero-order valence-corrected chi connectivity index (χ0v) is 15.2. The summed E-state index contributed by atoms with van der Waals surface area (Å²) in [6.07, 6.45) is 0. The molecular formula is C20H21FN2OS. The summed E-state index contributed by atoms with van der Waals surface area (Å²) in [6.45, 7) is 5.67. The summed E-state index contributed by atoms with van der Waals surface area (Å²) in [5.41, 5.74) is 3.94. The highest BCUT2D eigenvalue weighted by Crippen LogP contribution is 2.16. The molecule has 3 aromatic rings. The zero-order chi connectivity index (χ0) is 17.6. The number of hydrogen-bond acceptors (Lipinski definition) is 4. The number of aromatic nitrogens is 1. The Morgan fingerprint density at radius 2 is 1.88 bits per heavy atom. The Kier molecular flexibility index (Phi) is 5.79. The average molecular weight is 356 g/mol. The molecule has 0 amide bonds. The smallest absolute Gasteiger partial charge is 0.140 e. The summed E-state index contributed by atoms with van der Waals surface area (Å²) in [5.74, 6) is 0.689. The van der Waals surface area contributed by atoms with E-state index in [0.29, 0.717) is 25.3 Å². The third-order valence-electron chi connectivity index (χ3n) is 3.84. The van der Waals surface area contributed by atoms with E-state index in [2.05, 4.69) is 17.2 Å². The highest BCUT2D eigenvalue weighted by Gasteiger charge is 2.04. The van der Waals surface area contributed by atoms with Crippen LogP contribution in [0, 0.1) is 19.7 Å². The predicted octanol–water partition coefficient (Wildman–Crippen LogP) is 4.77. The molecule has 0 saturated heterocycles. The van der Waals surface area contributed by atoms with Crippen LogP contribution in [0.2, 0.25) is 0 Å². The van der Waals surface area contributed by atoms with E-state index in [1.165, 1.54) is 11.6 Å². The molecule has 130 valence electrons. The van der Waals surface area contributed by atoms with E-state index < -0.39 is 0 Å². The number of nitrogens with zero attached hydrogens (tertiary/aromatic N) is 1. The number of hydrogen-bond donors (Lipinski definition) is 1. The van der Waals surface area contributed by atoms with Gasteiger partial charge in [-0.2, -0.15) is 0 Å². The molecule has 25 heavy (non-hydrogen) atoms. The zero-order valence-electron chi connectivity index (χ0n) is 14.4. The molecule has 2 aromatic carbocycles. The molecule has 0 spiro atoms. The molecule has 0 aliphatic rings. The second-order valence-electron chi connectivity index (χ2n) is 6.02. The number of halogens is 1. The van der Waals surface area contributed by atoms with Gasteiger partial charge in [0.1, 0.15) is 23.2 Å². The quantitative estimate of drug-likeness (QED) is 0.662. The molecule has 1 heterocycles.